The van der Waals surface area contributed by atoms with Crippen molar-refractivity contribution in [3.05, 3.63) is 85.9 Å². The Labute approximate surface area is 425 Å². The van der Waals surface area contributed by atoms with E-state index < -0.39 is 85.7 Å². The predicted octanol–water partition coefficient (Wildman–Crippen LogP) is -1.18. The Morgan fingerprint density at radius 1 is 0.730 bits per heavy atom. The number of carbonyl (C=O) groups excluding carboxylic acids is 5. The van der Waals surface area contributed by atoms with Gasteiger partial charge in [-0.2, -0.15) is 0 Å². The van der Waals surface area contributed by atoms with Crippen molar-refractivity contribution >= 4 is 58.7 Å². The molecular weight excluding hydrogens is 963 g/mol. The number of carboxylic acids is 3. The summed E-state index contributed by atoms with van der Waals surface area (Å²) < 4.78 is 20.5. The summed E-state index contributed by atoms with van der Waals surface area (Å²) in [5, 5.41) is 47.9. The first-order chi connectivity index (χ1) is 35.6. The molecule has 8 N–H and O–H groups in total. The summed E-state index contributed by atoms with van der Waals surface area (Å²) in [5.41, 5.74) is 9.64. The molecule has 74 heavy (non-hydrogen) atoms. The van der Waals surface area contributed by atoms with Crippen LogP contribution < -0.4 is 46.1 Å². The summed E-state index contributed by atoms with van der Waals surface area (Å²) in [5.74, 6) is -7.19. The normalized spacial score (nSPS) is 16.1. The van der Waals surface area contributed by atoms with E-state index in [1.165, 1.54) is 38.2 Å². The van der Waals surface area contributed by atoms with Crippen LogP contribution >= 0.6 is 0 Å². The lowest BCUT2D eigenvalue weighted by molar-refractivity contribution is -0.145. The minimum atomic E-state index is -1.89. The molecule has 3 aromatic rings. The standard InChI is InChI=1S/C52H61N7O15/c1-57(26-40(61)53-14-19-72-20-21-73-28-41(62)54-37(24-42(63)64)49(67)55-38(25-43(65)66)50(68)56-39(27-60)52(70)71)51(69)32-11-3-2-10-31(32)44-35-22-29-8-4-15-58-17-6-12-33(45(29)58)47(35)74-48-34-13-7-18-59-16-5-9-30(46(34)59)23-36(44)48/h2-3,10-11,22-23,37-39,60H,4-9,12-21,24-28H2,1H3,(H6-,53,54,55,56,61,62,63,64,65,66,67,68,70,71)/p+1/t37-,38-,39-/m0/s1. The number of carbonyl (C=O) groups is 8. The van der Waals surface area contributed by atoms with Gasteiger partial charge in [0.15, 0.2) is 0 Å². The number of likely N-dealkylation sites (N-methyl/N-ethyl adjacent to an activating group) is 1. The lowest BCUT2D eigenvalue weighted by Gasteiger charge is -2.39. The molecule has 22 nitrogen and oxygen atoms in total. The first kappa shape index (κ1) is 52.9. The highest BCUT2D eigenvalue weighted by molar-refractivity contribution is 6.03. The number of hydrogen-bond acceptors (Lipinski definition) is 13. The van der Waals surface area contributed by atoms with Crippen LogP contribution in [0.5, 0.6) is 11.5 Å². The van der Waals surface area contributed by atoms with E-state index in [9.17, 15) is 53.7 Å². The van der Waals surface area contributed by atoms with E-state index in [-0.39, 0.29) is 38.8 Å². The van der Waals surface area contributed by atoms with Crippen molar-refractivity contribution in [3.63, 3.8) is 0 Å². The first-order valence-corrected chi connectivity index (χ1v) is 25.0. The van der Waals surface area contributed by atoms with Crippen molar-refractivity contribution in [3.8, 4) is 11.5 Å². The SMILES string of the molecule is CN(CC(=O)NCCOCCOCC(=O)N[C@@H](CC(=O)O)C(=O)N[C@@H](CC(=O)O)C(=O)N[C@@H](CO)C(=O)O)C(=O)c1ccccc1C1=c2cc3c4c(c2Oc2c1cc1c5c2CCCN5CCC1)CCC[N+]=4CCC3. The Morgan fingerprint density at radius 2 is 1.38 bits per heavy atom. The fourth-order valence-corrected chi connectivity index (χ4v) is 10.6. The van der Waals surface area contributed by atoms with Crippen molar-refractivity contribution in [2.75, 3.05) is 84.3 Å². The van der Waals surface area contributed by atoms with Crippen LogP contribution in [0.15, 0.2) is 36.4 Å². The topological polar surface area (TPSA) is 303 Å². The Hall–Kier alpha value is -7.43. The minimum Gasteiger partial charge on any atom is -0.481 e. The molecule has 0 radical (unpaired) electrons. The molecule has 3 atom stereocenters. The number of aliphatic hydroxyl groups is 1. The van der Waals surface area contributed by atoms with Gasteiger partial charge in [0.25, 0.3) is 5.91 Å². The summed E-state index contributed by atoms with van der Waals surface area (Å²) in [6.07, 6.45) is 5.98. The first-order valence-electron chi connectivity index (χ1n) is 25.0. The van der Waals surface area contributed by atoms with Crippen molar-refractivity contribution in [1.29, 1.82) is 0 Å². The second-order valence-corrected chi connectivity index (χ2v) is 19.0. The highest BCUT2D eigenvalue weighted by Crippen LogP contribution is 2.48. The molecule has 0 aliphatic carbocycles. The number of aryl methyl sites for hydroxylation is 2. The van der Waals surface area contributed by atoms with Gasteiger partial charge < -0.3 is 65.7 Å². The van der Waals surface area contributed by atoms with Crippen LogP contribution in [0, 0.1) is 0 Å². The number of aliphatic carboxylic acids is 3. The molecule has 5 aliphatic rings. The van der Waals surface area contributed by atoms with Gasteiger partial charge in [-0.1, -0.05) is 18.2 Å². The number of aliphatic hydroxyl groups excluding tert-OH is 1. The van der Waals surface area contributed by atoms with Crippen LogP contribution in [0.2, 0.25) is 0 Å². The molecule has 0 bridgehead atoms. The molecule has 0 spiro atoms. The molecule has 0 saturated carbocycles. The van der Waals surface area contributed by atoms with Crippen molar-refractivity contribution in [2.45, 2.75) is 82.3 Å². The molecule has 22 heteroatoms. The second kappa shape index (κ2) is 23.6. The van der Waals surface area contributed by atoms with Gasteiger partial charge in [-0.05, 0) is 67.9 Å². The summed E-state index contributed by atoms with van der Waals surface area (Å²) in [7, 11) is 1.59. The second-order valence-electron chi connectivity index (χ2n) is 19.0. The molecule has 3 aromatic carbocycles. The van der Waals surface area contributed by atoms with E-state index in [2.05, 4.69) is 32.2 Å². The molecule has 8 rings (SSSR count). The highest BCUT2D eigenvalue weighted by Gasteiger charge is 2.37. The molecule has 0 saturated heterocycles. The third-order valence-corrected chi connectivity index (χ3v) is 13.9. The summed E-state index contributed by atoms with van der Waals surface area (Å²) >= 11 is 0. The molecule has 5 aliphatic heterocycles. The average molecular weight is 1030 g/mol. The Balaban J connectivity index is 0.860. The number of benzene rings is 3. The van der Waals surface area contributed by atoms with Gasteiger partial charge in [-0.25, -0.2) is 9.37 Å². The van der Waals surface area contributed by atoms with Crippen molar-refractivity contribution in [1.82, 2.24) is 30.7 Å². The third kappa shape index (κ3) is 11.8. The zero-order valence-corrected chi connectivity index (χ0v) is 41.2. The van der Waals surface area contributed by atoms with Gasteiger partial charge in [-0.3, -0.25) is 33.6 Å². The number of nitrogens with one attached hydrogen (secondary N) is 4. The predicted molar refractivity (Wildman–Crippen MR) is 263 cm³/mol. The Morgan fingerprint density at radius 3 is 2.09 bits per heavy atom. The van der Waals surface area contributed by atoms with E-state index in [0.29, 0.717) is 5.56 Å². The van der Waals surface area contributed by atoms with Gasteiger partial charge in [0.1, 0.15) is 49.3 Å². The molecule has 0 fully saturated rings. The molecule has 0 aromatic heterocycles. The molecule has 0 unspecified atom stereocenters. The zero-order valence-electron chi connectivity index (χ0n) is 41.2. The van der Waals surface area contributed by atoms with E-state index in [1.807, 2.05) is 34.9 Å². The fraction of sp³-hybridized carbons (Fsp3) is 0.481. The maximum atomic E-state index is 14.5. The van der Waals surface area contributed by atoms with E-state index in [4.69, 9.17) is 19.3 Å². The van der Waals surface area contributed by atoms with Crippen LogP contribution in [0.1, 0.15) is 82.3 Å². The summed E-state index contributed by atoms with van der Waals surface area (Å²) in [4.78, 5) is 104. The summed E-state index contributed by atoms with van der Waals surface area (Å²) in [6.45, 7) is 2.14. The van der Waals surface area contributed by atoms with Crippen LogP contribution in [-0.2, 0) is 68.7 Å². The molecule has 394 valence electrons. The molecule has 5 amide bonds. The van der Waals surface area contributed by atoms with Gasteiger partial charge in [0.05, 0.1) is 51.4 Å². The smallest absolute Gasteiger partial charge is 0.328 e. The monoisotopic (exact) mass is 1020 g/mol. The van der Waals surface area contributed by atoms with Crippen LogP contribution in [0.4, 0.5) is 5.69 Å². The van der Waals surface area contributed by atoms with E-state index in [1.54, 1.807) is 7.05 Å². The quantitative estimate of drug-likeness (QED) is 0.0321. The van der Waals surface area contributed by atoms with E-state index in [0.717, 1.165) is 111 Å². The molecular formula is C52H62N7O15+. The number of carboxylic acid groups (broad SMARTS) is 3. The minimum absolute atomic E-state index is 0.0320. The largest absolute Gasteiger partial charge is 0.481 e. The van der Waals surface area contributed by atoms with Gasteiger partial charge in [0, 0.05) is 78.3 Å². The average Bonchev–Trinajstić information content (AvgIpc) is 3.37. The number of amides is 5. The van der Waals surface area contributed by atoms with Gasteiger partial charge in [0.2, 0.25) is 29.0 Å². The van der Waals surface area contributed by atoms with Crippen LogP contribution in [0.3, 0.4) is 0 Å². The Bertz CT molecular complexity index is 2880. The van der Waals surface area contributed by atoms with Crippen LogP contribution in [0.25, 0.3) is 5.57 Å². The van der Waals surface area contributed by atoms with Crippen LogP contribution in [-0.4, -0.2) is 170 Å². The number of hydrogen-bond donors (Lipinski definition) is 8. The fourth-order valence-electron chi connectivity index (χ4n) is 10.6. The third-order valence-electron chi connectivity index (χ3n) is 13.9. The van der Waals surface area contributed by atoms with Crippen molar-refractivity contribution in [2.24, 2.45) is 0 Å². The number of fused-ring (bicyclic) bond motifs is 4. The maximum Gasteiger partial charge on any atom is 0.328 e. The zero-order chi connectivity index (χ0) is 52.6. The molecule has 5 heterocycles. The highest BCUT2D eigenvalue weighted by atomic mass is 16.5. The number of anilines is 1. The maximum absolute atomic E-state index is 14.5. The lowest BCUT2D eigenvalue weighted by atomic mass is 9.81. The Kier molecular flexibility index (Phi) is 16.9. The van der Waals surface area contributed by atoms with Crippen molar-refractivity contribution < 1.29 is 73.0 Å². The van der Waals surface area contributed by atoms with Gasteiger partial charge >= 0.3 is 17.9 Å². The van der Waals surface area contributed by atoms with E-state index >= 15 is 0 Å². The van der Waals surface area contributed by atoms with Gasteiger partial charge in [-0.15, -0.1) is 0 Å². The lowest BCUT2D eigenvalue weighted by Crippen LogP contribution is -2.57. The number of ether oxygens (including phenoxy) is 3. The number of rotatable bonds is 23. The summed E-state index contributed by atoms with van der Waals surface area (Å²) in [6, 6.07) is 6.70. The number of nitrogens with zero attached hydrogens (tertiary/aromatic N) is 3.